The van der Waals surface area contributed by atoms with E-state index in [0.717, 1.165) is 57.1 Å². The molecule has 2 aliphatic heterocycles. The molecule has 3 fully saturated rings. The molecule has 136 valence electrons. The van der Waals surface area contributed by atoms with Gasteiger partial charge in [-0.2, -0.15) is 0 Å². The van der Waals surface area contributed by atoms with Crippen LogP contribution in [0.15, 0.2) is 0 Å². The highest BCUT2D eigenvalue weighted by molar-refractivity contribution is 5.80. The minimum absolute atomic E-state index is 0.327. The molecule has 2 bridgehead atoms. The van der Waals surface area contributed by atoms with Crippen molar-refractivity contribution in [2.45, 2.75) is 76.7 Å². The standard InChI is InChI=1S/C20H30N4O/c25-20(17-12-14-7-8-15(17)11-14)23-9-4-5-16(13-23)19-22-21-18-6-2-1-3-10-24(18)19/h14-17H,1-13H2/t14-,15+,16+,17-/m0/s1. The first kappa shape index (κ1) is 15.8. The Morgan fingerprint density at radius 2 is 1.92 bits per heavy atom. The van der Waals surface area contributed by atoms with Crippen LogP contribution < -0.4 is 0 Å². The van der Waals surface area contributed by atoms with Crippen LogP contribution in [0.3, 0.4) is 0 Å². The fourth-order valence-corrected chi connectivity index (χ4v) is 5.98. The van der Waals surface area contributed by atoms with Gasteiger partial charge in [-0.3, -0.25) is 4.79 Å². The molecule has 0 aromatic carbocycles. The number of aromatic nitrogens is 3. The zero-order chi connectivity index (χ0) is 16.8. The third-order valence-corrected chi connectivity index (χ3v) is 7.29. The normalized spacial score (nSPS) is 34.8. The van der Waals surface area contributed by atoms with E-state index in [2.05, 4.69) is 19.7 Å². The van der Waals surface area contributed by atoms with Crippen molar-refractivity contribution < 1.29 is 4.79 Å². The minimum Gasteiger partial charge on any atom is -0.342 e. The van der Waals surface area contributed by atoms with Crippen molar-refractivity contribution in [2.24, 2.45) is 17.8 Å². The van der Waals surface area contributed by atoms with Crippen molar-refractivity contribution >= 4 is 5.91 Å². The van der Waals surface area contributed by atoms with Crippen molar-refractivity contribution in [1.82, 2.24) is 19.7 Å². The maximum atomic E-state index is 13.1. The molecule has 1 aromatic heterocycles. The number of hydrogen-bond acceptors (Lipinski definition) is 3. The maximum Gasteiger partial charge on any atom is 0.225 e. The Kier molecular flexibility index (Phi) is 4.05. The third kappa shape index (κ3) is 2.80. The minimum atomic E-state index is 0.327. The van der Waals surface area contributed by atoms with Gasteiger partial charge in [0.25, 0.3) is 0 Å². The van der Waals surface area contributed by atoms with Gasteiger partial charge in [0.15, 0.2) is 0 Å². The molecular weight excluding hydrogens is 312 g/mol. The Morgan fingerprint density at radius 3 is 2.76 bits per heavy atom. The number of hydrogen-bond donors (Lipinski definition) is 0. The predicted molar refractivity (Wildman–Crippen MR) is 95.1 cm³/mol. The second kappa shape index (κ2) is 6.40. The Hall–Kier alpha value is -1.39. The summed E-state index contributed by atoms with van der Waals surface area (Å²) in [6.07, 6.45) is 12.2. The van der Waals surface area contributed by atoms with E-state index in [1.54, 1.807) is 0 Å². The predicted octanol–water partition coefficient (Wildman–Crippen LogP) is 3.15. The summed E-state index contributed by atoms with van der Waals surface area (Å²) in [5.74, 6) is 5.01. The van der Waals surface area contributed by atoms with Crippen LogP contribution in [0, 0.1) is 17.8 Å². The molecule has 5 nitrogen and oxygen atoms in total. The van der Waals surface area contributed by atoms with Gasteiger partial charge in [-0.05, 0) is 56.8 Å². The molecule has 0 N–H and O–H groups in total. The summed E-state index contributed by atoms with van der Waals surface area (Å²) < 4.78 is 2.38. The van der Waals surface area contributed by atoms with Crippen LogP contribution >= 0.6 is 0 Å². The second-order valence-electron chi connectivity index (χ2n) is 8.84. The van der Waals surface area contributed by atoms with Gasteiger partial charge >= 0.3 is 0 Å². The lowest BCUT2D eigenvalue weighted by molar-refractivity contribution is -0.138. The lowest BCUT2D eigenvalue weighted by Gasteiger charge is -2.35. The van der Waals surface area contributed by atoms with Gasteiger partial charge < -0.3 is 9.47 Å². The van der Waals surface area contributed by atoms with Crippen molar-refractivity contribution in [3.8, 4) is 0 Å². The number of piperidine rings is 1. The van der Waals surface area contributed by atoms with Crippen LogP contribution in [0.5, 0.6) is 0 Å². The van der Waals surface area contributed by atoms with Crippen LogP contribution in [0.1, 0.15) is 75.4 Å². The van der Waals surface area contributed by atoms with E-state index in [4.69, 9.17) is 0 Å². The van der Waals surface area contributed by atoms with Crippen molar-refractivity contribution in [3.63, 3.8) is 0 Å². The molecule has 25 heavy (non-hydrogen) atoms. The first-order valence-electron chi connectivity index (χ1n) is 10.5. The zero-order valence-corrected chi connectivity index (χ0v) is 15.2. The van der Waals surface area contributed by atoms with Gasteiger partial charge in [0, 0.05) is 37.9 Å². The summed E-state index contributed by atoms with van der Waals surface area (Å²) in [7, 11) is 0. The SMILES string of the molecule is O=C([C@H]1C[C@H]2CC[C@@H]1C2)N1CCC[C@@H](c2nnc3n2CCCCC3)C1. The highest BCUT2D eigenvalue weighted by atomic mass is 16.2. The Bertz CT molecular complexity index is 654. The topological polar surface area (TPSA) is 51.0 Å². The van der Waals surface area contributed by atoms with E-state index < -0.39 is 0 Å². The maximum absolute atomic E-state index is 13.1. The fourth-order valence-electron chi connectivity index (χ4n) is 5.98. The summed E-state index contributed by atoms with van der Waals surface area (Å²) in [6, 6.07) is 0. The van der Waals surface area contributed by atoms with E-state index in [0.29, 0.717) is 23.7 Å². The number of carbonyl (C=O) groups is 1. The lowest BCUT2D eigenvalue weighted by Crippen LogP contribution is -2.44. The van der Waals surface area contributed by atoms with Crippen molar-refractivity contribution in [2.75, 3.05) is 13.1 Å². The molecular formula is C20H30N4O. The summed E-state index contributed by atoms with van der Waals surface area (Å²) in [5, 5.41) is 9.05. The zero-order valence-electron chi connectivity index (χ0n) is 15.2. The Labute approximate surface area is 150 Å². The van der Waals surface area contributed by atoms with E-state index in [1.165, 1.54) is 44.3 Å². The molecule has 4 aliphatic rings. The van der Waals surface area contributed by atoms with E-state index in [1.807, 2.05) is 0 Å². The van der Waals surface area contributed by atoms with Crippen molar-refractivity contribution in [3.05, 3.63) is 11.6 Å². The fraction of sp³-hybridized carbons (Fsp3) is 0.850. The number of aryl methyl sites for hydroxylation is 1. The average molecular weight is 342 g/mol. The Balaban J connectivity index is 1.31. The molecule has 5 rings (SSSR count). The molecule has 2 aliphatic carbocycles. The van der Waals surface area contributed by atoms with E-state index in [9.17, 15) is 4.79 Å². The Morgan fingerprint density at radius 1 is 0.960 bits per heavy atom. The molecule has 2 saturated carbocycles. The van der Waals surface area contributed by atoms with E-state index >= 15 is 0 Å². The quantitative estimate of drug-likeness (QED) is 0.829. The first-order chi connectivity index (χ1) is 12.3. The summed E-state index contributed by atoms with van der Waals surface area (Å²) in [5.41, 5.74) is 0. The molecule has 1 saturated heterocycles. The first-order valence-corrected chi connectivity index (χ1v) is 10.5. The van der Waals surface area contributed by atoms with Crippen LogP contribution in [0.4, 0.5) is 0 Å². The number of likely N-dealkylation sites (tertiary alicyclic amines) is 1. The number of amides is 1. The summed E-state index contributed by atoms with van der Waals surface area (Å²) in [6.45, 7) is 2.88. The van der Waals surface area contributed by atoms with Crippen LogP contribution in [0.25, 0.3) is 0 Å². The van der Waals surface area contributed by atoms with Crippen LogP contribution in [-0.4, -0.2) is 38.7 Å². The largest absolute Gasteiger partial charge is 0.342 e. The average Bonchev–Trinajstić information content (AvgIpc) is 3.34. The highest BCUT2D eigenvalue weighted by Gasteiger charge is 2.45. The molecule has 1 amide bonds. The molecule has 5 heteroatoms. The monoisotopic (exact) mass is 342 g/mol. The number of carbonyl (C=O) groups excluding carboxylic acids is 1. The van der Waals surface area contributed by atoms with Crippen LogP contribution in [-0.2, 0) is 17.8 Å². The number of rotatable bonds is 2. The van der Waals surface area contributed by atoms with Gasteiger partial charge in [-0.1, -0.05) is 12.8 Å². The van der Waals surface area contributed by atoms with Gasteiger partial charge in [0.2, 0.25) is 5.91 Å². The molecule has 3 heterocycles. The molecule has 0 radical (unpaired) electrons. The third-order valence-electron chi connectivity index (χ3n) is 7.29. The number of fused-ring (bicyclic) bond motifs is 3. The molecule has 0 unspecified atom stereocenters. The highest BCUT2D eigenvalue weighted by Crippen LogP contribution is 2.49. The summed E-state index contributed by atoms with van der Waals surface area (Å²) in [4.78, 5) is 15.3. The van der Waals surface area contributed by atoms with Crippen LogP contribution in [0.2, 0.25) is 0 Å². The van der Waals surface area contributed by atoms with Gasteiger partial charge in [-0.25, -0.2) is 0 Å². The summed E-state index contributed by atoms with van der Waals surface area (Å²) >= 11 is 0. The smallest absolute Gasteiger partial charge is 0.225 e. The second-order valence-corrected chi connectivity index (χ2v) is 8.84. The van der Waals surface area contributed by atoms with Gasteiger partial charge in [0.05, 0.1) is 0 Å². The molecule has 1 aromatic rings. The van der Waals surface area contributed by atoms with Crippen molar-refractivity contribution in [1.29, 1.82) is 0 Å². The van der Waals surface area contributed by atoms with E-state index in [-0.39, 0.29) is 0 Å². The molecule has 4 atom stereocenters. The van der Waals surface area contributed by atoms with Gasteiger partial charge in [0.1, 0.15) is 11.6 Å². The number of nitrogens with zero attached hydrogens (tertiary/aromatic N) is 4. The lowest BCUT2D eigenvalue weighted by atomic mass is 9.86. The molecule has 0 spiro atoms. The van der Waals surface area contributed by atoms with Gasteiger partial charge in [-0.15, -0.1) is 10.2 Å².